The van der Waals surface area contributed by atoms with Gasteiger partial charge in [0.05, 0.1) is 47.7 Å². The second-order valence-electron chi connectivity index (χ2n) is 7.37. The van der Waals surface area contributed by atoms with E-state index in [0.29, 0.717) is 22.8 Å². The number of nitrogens with two attached hydrogens (primary N) is 1. The van der Waals surface area contributed by atoms with Gasteiger partial charge in [0.15, 0.2) is 0 Å². The lowest BCUT2D eigenvalue weighted by Gasteiger charge is -2.33. The van der Waals surface area contributed by atoms with E-state index in [1.54, 1.807) is 45.2 Å². The molecule has 1 aromatic rings. The molecule has 0 saturated carbocycles. The van der Waals surface area contributed by atoms with E-state index in [1.165, 1.54) is 16.7 Å². The Morgan fingerprint density at radius 3 is 2.34 bits per heavy atom. The van der Waals surface area contributed by atoms with Crippen molar-refractivity contribution in [2.45, 2.75) is 44.8 Å². The number of benzene rings is 1. The Kier molecular flexibility index (Phi) is 7.50. The van der Waals surface area contributed by atoms with Gasteiger partial charge in [0.1, 0.15) is 11.6 Å². The van der Waals surface area contributed by atoms with Crippen molar-refractivity contribution >= 4 is 29.6 Å². The highest BCUT2D eigenvalue weighted by Gasteiger charge is 2.49. The van der Waals surface area contributed by atoms with E-state index in [4.69, 9.17) is 19.9 Å². The van der Waals surface area contributed by atoms with Crippen LogP contribution in [0.4, 0.5) is 0 Å². The summed E-state index contributed by atoms with van der Waals surface area (Å²) in [6.45, 7) is 5.78. The van der Waals surface area contributed by atoms with Crippen LogP contribution in [0.25, 0.3) is 0 Å². The maximum atomic E-state index is 13.2. The number of fused-ring (bicyclic) bond motifs is 1. The first-order valence-electron chi connectivity index (χ1n) is 10.6. The van der Waals surface area contributed by atoms with Crippen molar-refractivity contribution < 1.29 is 28.6 Å². The van der Waals surface area contributed by atoms with Crippen molar-refractivity contribution in [3.8, 4) is 5.75 Å². The van der Waals surface area contributed by atoms with Crippen molar-refractivity contribution in [3.05, 3.63) is 51.8 Å². The van der Waals surface area contributed by atoms with Crippen LogP contribution in [0, 0.1) is 0 Å². The predicted molar refractivity (Wildman–Crippen MR) is 120 cm³/mol. The Labute approximate surface area is 191 Å². The van der Waals surface area contributed by atoms with Gasteiger partial charge in [-0.05, 0) is 38.0 Å². The number of methoxy groups -OCH3 is 1. The van der Waals surface area contributed by atoms with Crippen molar-refractivity contribution in [1.29, 1.82) is 0 Å². The van der Waals surface area contributed by atoms with Crippen molar-refractivity contribution in [2.24, 2.45) is 5.73 Å². The number of hydrogen-bond acceptors (Lipinski definition) is 8. The van der Waals surface area contributed by atoms with Crippen LogP contribution in [0.15, 0.2) is 46.3 Å². The number of amides is 1. The van der Waals surface area contributed by atoms with Crippen LogP contribution in [-0.4, -0.2) is 48.3 Å². The number of unbranched alkanes of at least 4 members (excludes halogenated alkanes) is 1. The number of esters is 2. The second kappa shape index (κ2) is 10.1. The molecule has 9 heteroatoms. The maximum Gasteiger partial charge on any atom is 0.338 e. The van der Waals surface area contributed by atoms with Crippen LogP contribution in [0.2, 0.25) is 0 Å². The minimum atomic E-state index is -0.842. The monoisotopic (exact) mass is 460 g/mol. The van der Waals surface area contributed by atoms with E-state index in [-0.39, 0.29) is 36.1 Å². The molecule has 172 valence electrons. The highest BCUT2D eigenvalue weighted by Crippen LogP contribution is 2.49. The van der Waals surface area contributed by atoms with Crippen molar-refractivity contribution in [3.63, 3.8) is 0 Å². The number of rotatable bonds is 8. The molecule has 3 rings (SSSR count). The summed E-state index contributed by atoms with van der Waals surface area (Å²) in [5.74, 6) is -1.79. The molecule has 0 aromatic heterocycles. The zero-order chi connectivity index (χ0) is 23.4. The number of nitrogens with zero attached hydrogens (tertiary/aromatic N) is 1. The summed E-state index contributed by atoms with van der Waals surface area (Å²) < 4.78 is 16.0. The van der Waals surface area contributed by atoms with E-state index in [9.17, 15) is 14.4 Å². The Morgan fingerprint density at radius 1 is 1.09 bits per heavy atom. The SMILES string of the molecule is CCCCOC(=O)C1=C(N)N2C(=O)[C@@H](C)SC2=C(C(=O)OCC)[C@@H]1c1ccc(OC)cc1. The first-order valence-corrected chi connectivity index (χ1v) is 11.5. The van der Waals surface area contributed by atoms with Gasteiger partial charge in [-0.2, -0.15) is 0 Å². The molecule has 2 heterocycles. The number of hydrogen-bond donors (Lipinski definition) is 1. The molecule has 2 aliphatic heterocycles. The van der Waals surface area contributed by atoms with Gasteiger partial charge >= 0.3 is 11.9 Å². The Morgan fingerprint density at radius 2 is 1.75 bits per heavy atom. The van der Waals surface area contributed by atoms with Gasteiger partial charge < -0.3 is 19.9 Å². The van der Waals surface area contributed by atoms with Crippen LogP contribution < -0.4 is 10.5 Å². The second-order valence-corrected chi connectivity index (χ2v) is 8.70. The van der Waals surface area contributed by atoms with Crippen LogP contribution in [0.3, 0.4) is 0 Å². The number of thioether (sulfide) groups is 1. The molecule has 2 atom stereocenters. The minimum absolute atomic E-state index is 0.0165. The van der Waals surface area contributed by atoms with Gasteiger partial charge in [0, 0.05) is 0 Å². The fourth-order valence-electron chi connectivity index (χ4n) is 3.65. The molecule has 0 unspecified atom stereocenters. The molecule has 1 amide bonds. The number of carbonyl (C=O) groups is 3. The first kappa shape index (κ1) is 23.7. The predicted octanol–water partition coefficient (Wildman–Crippen LogP) is 3.04. The van der Waals surface area contributed by atoms with E-state index < -0.39 is 23.1 Å². The summed E-state index contributed by atoms with van der Waals surface area (Å²) in [6, 6.07) is 6.99. The van der Waals surface area contributed by atoms with E-state index in [0.717, 1.165) is 6.42 Å². The quantitative estimate of drug-likeness (QED) is 0.466. The molecule has 0 spiro atoms. The third-order valence-corrected chi connectivity index (χ3v) is 6.46. The topological polar surface area (TPSA) is 108 Å². The zero-order valence-electron chi connectivity index (χ0n) is 18.7. The van der Waals surface area contributed by atoms with E-state index >= 15 is 0 Å². The lowest BCUT2D eigenvalue weighted by Crippen LogP contribution is -2.40. The number of ether oxygens (including phenoxy) is 3. The van der Waals surface area contributed by atoms with Crippen LogP contribution in [0.5, 0.6) is 5.75 Å². The van der Waals surface area contributed by atoms with Crippen LogP contribution in [0.1, 0.15) is 45.1 Å². The summed E-state index contributed by atoms with van der Waals surface area (Å²) in [7, 11) is 1.55. The molecule has 0 aliphatic carbocycles. The molecule has 0 radical (unpaired) electrons. The fourth-order valence-corrected chi connectivity index (χ4v) is 4.82. The van der Waals surface area contributed by atoms with Crippen molar-refractivity contribution in [1.82, 2.24) is 4.90 Å². The van der Waals surface area contributed by atoms with Gasteiger partial charge in [-0.25, -0.2) is 9.59 Å². The average Bonchev–Trinajstić information content (AvgIpc) is 3.08. The largest absolute Gasteiger partial charge is 0.497 e. The molecule has 8 nitrogen and oxygen atoms in total. The smallest absolute Gasteiger partial charge is 0.338 e. The molecule has 1 aromatic carbocycles. The van der Waals surface area contributed by atoms with Gasteiger partial charge in [-0.1, -0.05) is 37.2 Å². The molecule has 32 heavy (non-hydrogen) atoms. The standard InChI is InChI=1S/C23H28N2O6S/c1-5-7-12-31-22(27)17-16(14-8-10-15(29-4)11-9-14)18(23(28)30-6-2)21-25(19(17)24)20(26)13(3)32-21/h8-11,13,16H,5-7,12,24H2,1-4H3/t13-,16-/m1/s1. The normalized spacial score (nSPS) is 20.4. The Hall–Kier alpha value is -2.94. The van der Waals surface area contributed by atoms with Crippen molar-refractivity contribution in [2.75, 3.05) is 20.3 Å². The van der Waals surface area contributed by atoms with Gasteiger partial charge in [-0.15, -0.1) is 0 Å². The molecular weight excluding hydrogens is 432 g/mol. The number of carbonyl (C=O) groups excluding carboxylic acids is 3. The summed E-state index contributed by atoms with van der Waals surface area (Å²) >= 11 is 1.23. The minimum Gasteiger partial charge on any atom is -0.497 e. The van der Waals surface area contributed by atoms with Gasteiger partial charge in [-0.3, -0.25) is 9.69 Å². The molecular formula is C23H28N2O6S. The highest BCUT2D eigenvalue weighted by atomic mass is 32.2. The first-order chi connectivity index (χ1) is 15.3. The lowest BCUT2D eigenvalue weighted by atomic mass is 9.82. The van der Waals surface area contributed by atoms with Crippen LogP contribution in [-0.2, 0) is 23.9 Å². The van der Waals surface area contributed by atoms with E-state index in [1.807, 2.05) is 6.92 Å². The molecule has 2 N–H and O–H groups in total. The molecule has 1 saturated heterocycles. The summed E-state index contributed by atoms with van der Waals surface area (Å²) in [6.07, 6.45) is 1.54. The highest BCUT2D eigenvalue weighted by molar-refractivity contribution is 8.04. The van der Waals surface area contributed by atoms with Crippen LogP contribution >= 0.6 is 11.8 Å². The Balaban J connectivity index is 2.20. The Bertz CT molecular complexity index is 969. The third-order valence-electron chi connectivity index (χ3n) is 5.28. The fraction of sp³-hybridized carbons (Fsp3) is 0.435. The third kappa shape index (κ3) is 4.34. The molecule has 1 fully saturated rings. The summed E-state index contributed by atoms with van der Waals surface area (Å²) in [4.78, 5) is 40.4. The summed E-state index contributed by atoms with van der Waals surface area (Å²) in [5.41, 5.74) is 7.30. The molecule has 0 bridgehead atoms. The average molecular weight is 461 g/mol. The van der Waals surface area contributed by atoms with E-state index in [2.05, 4.69) is 0 Å². The summed E-state index contributed by atoms with van der Waals surface area (Å²) in [5, 5.41) is -0.0654. The zero-order valence-corrected chi connectivity index (χ0v) is 19.5. The lowest BCUT2D eigenvalue weighted by molar-refractivity contribution is -0.140. The van der Waals surface area contributed by atoms with Gasteiger partial charge in [0.25, 0.3) is 0 Å². The molecule has 2 aliphatic rings. The van der Waals surface area contributed by atoms with Gasteiger partial charge in [0.2, 0.25) is 5.91 Å². The maximum absolute atomic E-state index is 13.2.